The smallest absolute Gasteiger partial charge is 0.273 e. The van der Waals surface area contributed by atoms with E-state index in [1.165, 1.54) is 15.6 Å². The Morgan fingerprint density at radius 3 is 2.71 bits per heavy atom. The SMILES string of the molecule is C[C@@H]1CN(C(=O)CC2CN=C(c3cc4cccc(N(C)S(=O)(=O)c5cccs5)c4[nH]3)S2)C[C@H](C)O1. The summed E-state index contributed by atoms with van der Waals surface area (Å²) in [5.74, 6) is 0.139. The molecule has 0 saturated carbocycles. The number of amides is 1. The van der Waals surface area contributed by atoms with E-state index in [2.05, 4.69) is 4.98 Å². The van der Waals surface area contributed by atoms with Crippen molar-refractivity contribution < 1.29 is 17.9 Å². The maximum absolute atomic E-state index is 13.1. The number of thioether (sulfide) groups is 1. The van der Waals surface area contributed by atoms with Gasteiger partial charge in [-0.1, -0.05) is 30.0 Å². The number of rotatable bonds is 6. The van der Waals surface area contributed by atoms with Gasteiger partial charge in [0.2, 0.25) is 5.91 Å². The van der Waals surface area contributed by atoms with Crippen molar-refractivity contribution in [3.05, 3.63) is 47.5 Å². The van der Waals surface area contributed by atoms with Crippen molar-refractivity contribution in [2.75, 3.05) is 31.0 Å². The molecule has 3 aromatic rings. The van der Waals surface area contributed by atoms with E-state index < -0.39 is 10.0 Å². The molecule has 3 atom stereocenters. The van der Waals surface area contributed by atoms with Gasteiger partial charge in [0.25, 0.3) is 10.0 Å². The van der Waals surface area contributed by atoms with E-state index in [0.29, 0.717) is 36.0 Å². The molecule has 0 spiro atoms. The molecule has 4 heterocycles. The van der Waals surface area contributed by atoms with Gasteiger partial charge in [0.15, 0.2) is 0 Å². The fraction of sp³-hybridized carbons (Fsp3) is 0.417. The molecule has 1 aromatic carbocycles. The number of nitrogens with zero attached hydrogens (tertiary/aromatic N) is 3. The van der Waals surface area contributed by atoms with Gasteiger partial charge in [-0.25, -0.2) is 8.42 Å². The summed E-state index contributed by atoms with van der Waals surface area (Å²) in [4.78, 5) is 22.9. The topological polar surface area (TPSA) is 95.1 Å². The van der Waals surface area contributed by atoms with Crippen LogP contribution in [0.5, 0.6) is 0 Å². The molecule has 1 amide bonds. The Morgan fingerprint density at radius 1 is 1.23 bits per heavy atom. The number of sulfonamides is 1. The predicted molar refractivity (Wildman–Crippen MR) is 142 cm³/mol. The highest BCUT2D eigenvalue weighted by Gasteiger charge is 2.31. The van der Waals surface area contributed by atoms with Gasteiger partial charge in [-0.05, 0) is 37.4 Å². The number of aromatic nitrogens is 1. The first-order chi connectivity index (χ1) is 16.7. The number of aliphatic imine (C=N–C) groups is 1. The second-order valence-electron chi connectivity index (χ2n) is 8.97. The molecule has 8 nitrogen and oxygen atoms in total. The second-order valence-corrected chi connectivity index (χ2v) is 13.4. The molecule has 1 saturated heterocycles. The lowest BCUT2D eigenvalue weighted by molar-refractivity contribution is -0.143. The van der Waals surface area contributed by atoms with E-state index in [1.54, 1.807) is 42.4 Å². The number of fused-ring (bicyclic) bond motifs is 1. The van der Waals surface area contributed by atoms with Crippen LogP contribution < -0.4 is 4.31 Å². The minimum atomic E-state index is -3.65. The van der Waals surface area contributed by atoms with E-state index in [9.17, 15) is 13.2 Å². The molecule has 11 heteroatoms. The van der Waals surface area contributed by atoms with Crippen molar-refractivity contribution in [1.29, 1.82) is 0 Å². The normalized spacial score (nSPS) is 23.0. The molecule has 186 valence electrons. The molecule has 0 aliphatic carbocycles. The lowest BCUT2D eigenvalue weighted by atomic mass is 10.2. The highest BCUT2D eigenvalue weighted by atomic mass is 32.2. The van der Waals surface area contributed by atoms with Gasteiger partial charge in [0, 0.05) is 37.2 Å². The molecule has 1 unspecified atom stereocenters. The van der Waals surface area contributed by atoms with Crippen LogP contribution in [0.15, 0.2) is 51.0 Å². The van der Waals surface area contributed by atoms with Crippen LogP contribution in [0.1, 0.15) is 26.0 Å². The minimum absolute atomic E-state index is 0.0491. The van der Waals surface area contributed by atoms with Crippen molar-refractivity contribution in [2.24, 2.45) is 4.99 Å². The Bertz CT molecular complexity index is 1360. The van der Waals surface area contributed by atoms with Crippen LogP contribution in [-0.2, 0) is 19.6 Å². The summed E-state index contributed by atoms with van der Waals surface area (Å²) >= 11 is 2.80. The quantitative estimate of drug-likeness (QED) is 0.519. The zero-order chi connectivity index (χ0) is 24.7. The molecule has 0 bridgehead atoms. The molecule has 1 fully saturated rings. The number of anilines is 1. The summed E-state index contributed by atoms with van der Waals surface area (Å²) in [5, 5.41) is 3.59. The summed E-state index contributed by atoms with van der Waals surface area (Å²) < 4.78 is 33.5. The number of hydrogen-bond acceptors (Lipinski definition) is 7. The Morgan fingerprint density at radius 2 is 2.00 bits per heavy atom. The minimum Gasteiger partial charge on any atom is -0.372 e. The average Bonchev–Trinajstić information content (AvgIpc) is 3.58. The Balaban J connectivity index is 1.31. The van der Waals surface area contributed by atoms with Crippen LogP contribution in [0.4, 0.5) is 5.69 Å². The molecule has 35 heavy (non-hydrogen) atoms. The number of thiophene rings is 1. The highest BCUT2D eigenvalue weighted by Crippen LogP contribution is 2.34. The maximum atomic E-state index is 13.1. The third kappa shape index (κ3) is 4.87. The van der Waals surface area contributed by atoms with Gasteiger partial charge < -0.3 is 14.6 Å². The number of hydrogen-bond donors (Lipinski definition) is 1. The van der Waals surface area contributed by atoms with Crippen molar-refractivity contribution in [1.82, 2.24) is 9.88 Å². The lowest BCUT2D eigenvalue weighted by Crippen LogP contribution is -2.48. The third-order valence-corrected chi connectivity index (χ3v) is 10.6. The number of aromatic amines is 1. The summed E-state index contributed by atoms with van der Waals surface area (Å²) in [5.41, 5.74) is 2.15. The van der Waals surface area contributed by atoms with Gasteiger partial charge in [-0.3, -0.25) is 14.1 Å². The first-order valence-electron chi connectivity index (χ1n) is 11.5. The van der Waals surface area contributed by atoms with Gasteiger partial charge in [0.1, 0.15) is 9.25 Å². The monoisotopic (exact) mass is 532 g/mol. The summed E-state index contributed by atoms with van der Waals surface area (Å²) in [7, 11) is -2.07. The molecular weight excluding hydrogens is 504 g/mol. The van der Waals surface area contributed by atoms with Gasteiger partial charge >= 0.3 is 0 Å². The second kappa shape index (κ2) is 9.61. The molecular formula is C24H28N4O4S3. The molecule has 5 rings (SSSR count). The Hall–Kier alpha value is -2.34. The van der Waals surface area contributed by atoms with Crippen LogP contribution >= 0.6 is 23.1 Å². The summed E-state index contributed by atoms with van der Waals surface area (Å²) in [6, 6.07) is 10.9. The van der Waals surface area contributed by atoms with Gasteiger partial charge in [-0.2, -0.15) is 0 Å². The Kier molecular flexibility index (Phi) is 6.69. The van der Waals surface area contributed by atoms with Crippen molar-refractivity contribution in [3.63, 3.8) is 0 Å². The van der Waals surface area contributed by atoms with E-state index in [1.807, 2.05) is 36.9 Å². The van der Waals surface area contributed by atoms with Crippen molar-refractivity contribution >= 4 is 60.7 Å². The molecule has 2 aromatic heterocycles. The maximum Gasteiger partial charge on any atom is 0.273 e. The first-order valence-corrected chi connectivity index (χ1v) is 14.7. The van der Waals surface area contributed by atoms with Crippen LogP contribution in [0.25, 0.3) is 10.9 Å². The standard InChI is InChI=1S/C24H28N4O4S3/c1-15-13-28(14-16(2)32-15)21(29)11-18-12-25-24(34-18)19-10-17-6-4-7-20(23(17)26-19)27(3)35(30,31)22-8-5-9-33-22/h4-10,15-16,18,26H,11-14H2,1-3H3/t15-,16+,18?. The zero-order valence-corrected chi connectivity index (χ0v) is 22.3. The van der Waals surface area contributed by atoms with Crippen LogP contribution in [0.3, 0.4) is 0 Å². The fourth-order valence-corrected chi connectivity index (χ4v) is 8.02. The lowest BCUT2D eigenvalue weighted by Gasteiger charge is -2.35. The predicted octanol–water partition coefficient (Wildman–Crippen LogP) is 3.94. The number of carbonyl (C=O) groups excluding carboxylic acids is 1. The van der Waals surface area contributed by atoms with E-state index >= 15 is 0 Å². The zero-order valence-electron chi connectivity index (χ0n) is 19.8. The van der Waals surface area contributed by atoms with Crippen LogP contribution in [0.2, 0.25) is 0 Å². The van der Waals surface area contributed by atoms with Crippen LogP contribution in [-0.4, -0.2) is 73.4 Å². The van der Waals surface area contributed by atoms with Gasteiger partial charge in [-0.15, -0.1) is 11.3 Å². The highest BCUT2D eigenvalue weighted by molar-refractivity contribution is 8.15. The van der Waals surface area contributed by atoms with Crippen molar-refractivity contribution in [2.45, 2.75) is 41.9 Å². The van der Waals surface area contributed by atoms with E-state index in [0.717, 1.165) is 21.6 Å². The van der Waals surface area contributed by atoms with Crippen LogP contribution in [0, 0.1) is 0 Å². The van der Waals surface area contributed by atoms with E-state index in [4.69, 9.17) is 9.73 Å². The molecule has 0 radical (unpaired) electrons. The number of carbonyl (C=O) groups is 1. The molecule has 2 aliphatic heterocycles. The number of morpholine rings is 1. The fourth-order valence-electron chi connectivity index (χ4n) is 4.57. The number of nitrogens with one attached hydrogen (secondary N) is 1. The Labute approximate surface area is 213 Å². The average molecular weight is 533 g/mol. The third-order valence-electron chi connectivity index (χ3n) is 6.21. The number of ether oxygens (including phenoxy) is 1. The largest absolute Gasteiger partial charge is 0.372 e. The number of benzene rings is 1. The molecule has 2 aliphatic rings. The molecule has 1 N–H and O–H groups in total. The number of para-hydroxylation sites is 1. The van der Waals surface area contributed by atoms with Crippen molar-refractivity contribution in [3.8, 4) is 0 Å². The summed E-state index contributed by atoms with van der Waals surface area (Å²) in [6.07, 6.45) is 0.533. The van der Waals surface area contributed by atoms with E-state index in [-0.39, 0.29) is 23.4 Å². The first kappa shape index (κ1) is 24.4. The summed E-state index contributed by atoms with van der Waals surface area (Å²) in [6.45, 7) is 5.82. The van der Waals surface area contributed by atoms with Gasteiger partial charge in [0.05, 0.1) is 35.7 Å². The number of H-pyrrole nitrogens is 1.